The summed E-state index contributed by atoms with van der Waals surface area (Å²) < 4.78 is 52.9. The Morgan fingerprint density at radius 2 is 1.62 bits per heavy atom. The standard InChI is InChI=1S/C42H50ClF3N6O6/c1-2-3-4-7-24-57-39(54)30-10-12-31(13-11-30)49-20-22-50(23-21-49)38(53)36(27-28-25-33(42(44,45)46)37(47)34(43)26-28)58-41(56)51-17-15-32(16-18-51)52-19-14-29-8-5-6-9-35(29)48-40(52)55/h5-6,8-13,25-26,32,36H,2-4,7,14-24,27,47H2,1H3,(H,48,55)/t36-/m1/s1. The fraction of sp³-hybridized carbons (Fsp3) is 0.476. The lowest BCUT2D eigenvalue weighted by Gasteiger charge is -2.39. The first-order chi connectivity index (χ1) is 27.8. The second-order valence-corrected chi connectivity index (χ2v) is 15.3. The molecule has 312 valence electrons. The molecule has 16 heteroatoms. The zero-order valence-electron chi connectivity index (χ0n) is 32.6. The van der Waals surface area contributed by atoms with Gasteiger partial charge in [0.15, 0.2) is 6.10 Å². The summed E-state index contributed by atoms with van der Waals surface area (Å²) in [6, 6.07) is 16.4. The average Bonchev–Trinajstić information content (AvgIpc) is 3.39. The van der Waals surface area contributed by atoms with Crippen LogP contribution in [0.5, 0.6) is 0 Å². The minimum Gasteiger partial charge on any atom is -0.462 e. The molecule has 12 nitrogen and oxygen atoms in total. The highest BCUT2D eigenvalue weighted by molar-refractivity contribution is 6.33. The quantitative estimate of drug-likeness (QED) is 0.108. The normalized spacial score (nSPS) is 16.9. The van der Waals surface area contributed by atoms with Gasteiger partial charge < -0.3 is 40.1 Å². The van der Waals surface area contributed by atoms with Gasteiger partial charge in [-0.15, -0.1) is 0 Å². The third-order valence-corrected chi connectivity index (χ3v) is 11.3. The van der Waals surface area contributed by atoms with Gasteiger partial charge in [-0.05, 0) is 79.3 Å². The van der Waals surface area contributed by atoms with Crippen LogP contribution in [0.25, 0.3) is 0 Å². The molecular formula is C42H50ClF3N6O6. The van der Waals surface area contributed by atoms with Crippen molar-refractivity contribution in [3.8, 4) is 0 Å². The van der Waals surface area contributed by atoms with E-state index in [9.17, 15) is 32.3 Å². The third kappa shape index (κ3) is 10.5. The number of hydrogen-bond acceptors (Lipinski definition) is 8. The van der Waals surface area contributed by atoms with Crippen LogP contribution in [0, 0.1) is 0 Å². The number of nitrogens with zero attached hydrogens (tertiary/aromatic N) is 4. The van der Waals surface area contributed by atoms with Crippen molar-refractivity contribution in [3.05, 3.63) is 87.9 Å². The fourth-order valence-corrected chi connectivity index (χ4v) is 7.93. The van der Waals surface area contributed by atoms with E-state index in [1.54, 1.807) is 17.0 Å². The first-order valence-corrected chi connectivity index (χ1v) is 20.3. The number of ether oxygens (including phenoxy) is 2. The first kappa shape index (κ1) is 42.4. The summed E-state index contributed by atoms with van der Waals surface area (Å²) in [5.41, 5.74) is 7.03. The van der Waals surface area contributed by atoms with Gasteiger partial charge in [-0.3, -0.25) is 4.79 Å². The Morgan fingerprint density at radius 3 is 2.31 bits per heavy atom. The summed E-state index contributed by atoms with van der Waals surface area (Å²) in [7, 11) is 0. The van der Waals surface area contributed by atoms with Crippen LogP contribution in [0.2, 0.25) is 5.02 Å². The number of benzene rings is 3. The summed E-state index contributed by atoms with van der Waals surface area (Å²) in [6.45, 7) is 4.84. The van der Waals surface area contributed by atoms with E-state index < -0.39 is 35.5 Å². The zero-order valence-corrected chi connectivity index (χ0v) is 33.3. The van der Waals surface area contributed by atoms with Crippen LogP contribution >= 0.6 is 11.6 Å². The molecule has 6 rings (SSSR count). The number of alkyl halides is 3. The number of rotatable bonds is 12. The number of halogens is 4. The Bertz CT molecular complexity index is 1930. The molecule has 0 bridgehead atoms. The number of urea groups is 1. The molecule has 0 aliphatic carbocycles. The van der Waals surface area contributed by atoms with Crippen LogP contribution in [0.15, 0.2) is 60.7 Å². The maximum atomic E-state index is 14.1. The fourth-order valence-electron chi connectivity index (χ4n) is 7.69. The zero-order chi connectivity index (χ0) is 41.4. The smallest absolute Gasteiger partial charge is 0.418 e. The number of para-hydroxylation sites is 1. The molecule has 2 fully saturated rings. The molecule has 0 aromatic heterocycles. The highest BCUT2D eigenvalue weighted by atomic mass is 35.5. The van der Waals surface area contributed by atoms with Crippen LogP contribution in [0.1, 0.15) is 72.5 Å². The number of nitrogens with one attached hydrogen (secondary N) is 1. The van der Waals surface area contributed by atoms with E-state index in [2.05, 4.69) is 12.2 Å². The summed E-state index contributed by atoms with van der Waals surface area (Å²) in [4.78, 5) is 60.2. The summed E-state index contributed by atoms with van der Waals surface area (Å²) in [5, 5.41) is 2.65. The van der Waals surface area contributed by atoms with E-state index in [0.29, 0.717) is 51.1 Å². The molecule has 3 N–H and O–H groups in total. The number of amides is 4. The van der Waals surface area contributed by atoms with Crippen molar-refractivity contribution in [3.63, 3.8) is 0 Å². The van der Waals surface area contributed by atoms with Crippen molar-refractivity contribution >= 4 is 52.7 Å². The molecule has 3 heterocycles. The van der Waals surface area contributed by atoms with Crippen molar-refractivity contribution in [1.29, 1.82) is 0 Å². The third-order valence-electron chi connectivity index (χ3n) is 11.0. The molecule has 0 radical (unpaired) electrons. The molecular weight excluding hydrogens is 777 g/mol. The Labute approximate surface area is 341 Å². The molecule has 2 saturated heterocycles. The molecule has 3 aromatic rings. The predicted octanol–water partition coefficient (Wildman–Crippen LogP) is 7.63. The number of carbonyl (C=O) groups excluding carboxylic acids is 4. The number of nitrogen functional groups attached to an aromatic ring is 1. The number of nitrogens with two attached hydrogens (primary N) is 1. The Kier molecular flexibility index (Phi) is 13.9. The summed E-state index contributed by atoms with van der Waals surface area (Å²) in [5.74, 6) is -0.938. The van der Waals surface area contributed by atoms with Crippen LogP contribution < -0.4 is 16.0 Å². The van der Waals surface area contributed by atoms with E-state index in [0.717, 1.165) is 48.7 Å². The second kappa shape index (κ2) is 19.0. The van der Waals surface area contributed by atoms with Crippen molar-refractivity contribution in [1.82, 2.24) is 14.7 Å². The van der Waals surface area contributed by atoms with Crippen LogP contribution in [-0.4, -0.2) is 103 Å². The molecule has 3 aliphatic rings. The highest BCUT2D eigenvalue weighted by Gasteiger charge is 2.38. The molecule has 0 saturated carbocycles. The van der Waals surface area contributed by atoms with Crippen LogP contribution in [-0.2, 0) is 33.3 Å². The minimum absolute atomic E-state index is 0.0303. The Balaban J connectivity index is 1.09. The first-order valence-electron chi connectivity index (χ1n) is 19.9. The number of likely N-dealkylation sites (tertiary alicyclic amines) is 1. The number of unbranched alkanes of at least 4 members (excludes halogenated alkanes) is 3. The number of piperazine rings is 1. The Hall–Kier alpha value is -5.18. The second-order valence-electron chi connectivity index (χ2n) is 14.9. The SMILES string of the molecule is CCCCCCOC(=O)c1ccc(N2CCN(C(=O)[C@@H](Cc3cc(Cl)c(N)c(C(F)(F)F)c3)OC(=O)N3CCC(N4CCc5ccccc5NC4=O)CC3)CC2)cc1. The maximum Gasteiger partial charge on any atom is 0.418 e. The van der Waals surface area contributed by atoms with Gasteiger partial charge in [0.2, 0.25) is 0 Å². The number of piperidine rings is 1. The van der Waals surface area contributed by atoms with Gasteiger partial charge in [0.25, 0.3) is 5.91 Å². The number of carbonyl (C=O) groups is 4. The summed E-state index contributed by atoms with van der Waals surface area (Å²) in [6.07, 6.45) is -1.76. The maximum absolute atomic E-state index is 14.1. The van der Waals surface area contributed by atoms with Gasteiger partial charge in [-0.25, -0.2) is 14.4 Å². The predicted molar refractivity (Wildman–Crippen MR) is 215 cm³/mol. The number of fused-ring (bicyclic) bond motifs is 1. The van der Waals surface area contributed by atoms with E-state index in [-0.39, 0.29) is 61.2 Å². The molecule has 3 aromatic carbocycles. The van der Waals surface area contributed by atoms with Crippen molar-refractivity contribution < 1.29 is 41.8 Å². The number of esters is 1. The molecule has 0 unspecified atom stereocenters. The van der Waals surface area contributed by atoms with Gasteiger partial charge in [0, 0.05) is 69.7 Å². The topological polar surface area (TPSA) is 138 Å². The molecule has 0 spiro atoms. The molecule has 3 aliphatic heterocycles. The molecule has 4 amide bonds. The van der Waals surface area contributed by atoms with Crippen molar-refractivity contribution in [2.45, 2.75) is 76.6 Å². The monoisotopic (exact) mass is 826 g/mol. The molecule has 58 heavy (non-hydrogen) atoms. The molecule has 1 atom stereocenters. The van der Waals surface area contributed by atoms with E-state index >= 15 is 0 Å². The van der Waals surface area contributed by atoms with Gasteiger partial charge >= 0.3 is 24.3 Å². The Morgan fingerprint density at radius 1 is 0.914 bits per heavy atom. The van der Waals surface area contributed by atoms with Crippen molar-refractivity contribution in [2.24, 2.45) is 0 Å². The lowest BCUT2D eigenvalue weighted by atomic mass is 10.0. The van der Waals surface area contributed by atoms with Gasteiger partial charge in [0.1, 0.15) is 0 Å². The number of anilines is 3. The largest absolute Gasteiger partial charge is 0.462 e. The van der Waals surface area contributed by atoms with E-state index in [4.69, 9.17) is 26.8 Å². The highest BCUT2D eigenvalue weighted by Crippen LogP contribution is 2.38. The van der Waals surface area contributed by atoms with Crippen LogP contribution in [0.3, 0.4) is 0 Å². The lowest BCUT2D eigenvalue weighted by Crippen LogP contribution is -2.54. The van der Waals surface area contributed by atoms with Gasteiger partial charge in [-0.1, -0.05) is 56.0 Å². The van der Waals surface area contributed by atoms with E-state index in [1.165, 1.54) is 15.9 Å². The van der Waals surface area contributed by atoms with Gasteiger partial charge in [-0.2, -0.15) is 13.2 Å². The van der Waals surface area contributed by atoms with Crippen molar-refractivity contribution in [2.75, 3.05) is 68.4 Å². The van der Waals surface area contributed by atoms with E-state index in [1.807, 2.05) is 41.3 Å². The average molecular weight is 827 g/mol. The minimum atomic E-state index is -4.81. The van der Waals surface area contributed by atoms with Gasteiger partial charge in [0.05, 0.1) is 28.4 Å². The lowest BCUT2D eigenvalue weighted by molar-refractivity contribution is -0.141. The van der Waals surface area contributed by atoms with Crippen LogP contribution in [0.4, 0.5) is 39.8 Å². The number of hydrogen-bond donors (Lipinski definition) is 2. The summed E-state index contributed by atoms with van der Waals surface area (Å²) >= 11 is 6.13.